The van der Waals surface area contributed by atoms with E-state index >= 15 is 0 Å². The predicted molar refractivity (Wildman–Crippen MR) is 99.6 cm³/mol. The summed E-state index contributed by atoms with van der Waals surface area (Å²) in [6.45, 7) is 8.73. The SMILES string of the molecule is CCNC(=NCc1nc(C(C)C)cs1)NCCOCCS(C)(=O)=O. The summed E-state index contributed by atoms with van der Waals surface area (Å²) in [6.07, 6.45) is 1.20. The summed E-state index contributed by atoms with van der Waals surface area (Å²) in [5, 5.41) is 9.38. The topological polar surface area (TPSA) is 92.7 Å². The van der Waals surface area contributed by atoms with E-state index in [0.717, 1.165) is 17.2 Å². The highest BCUT2D eigenvalue weighted by molar-refractivity contribution is 7.90. The van der Waals surface area contributed by atoms with E-state index in [1.54, 1.807) is 11.3 Å². The second-order valence-corrected chi connectivity index (χ2v) is 8.89. The molecule has 0 aliphatic rings. The van der Waals surface area contributed by atoms with Gasteiger partial charge in [0.1, 0.15) is 14.8 Å². The Morgan fingerprint density at radius 3 is 2.71 bits per heavy atom. The van der Waals surface area contributed by atoms with E-state index in [1.165, 1.54) is 6.26 Å². The molecule has 0 spiro atoms. The van der Waals surface area contributed by atoms with Crippen LogP contribution >= 0.6 is 11.3 Å². The van der Waals surface area contributed by atoms with Crippen LogP contribution in [0, 0.1) is 0 Å². The first-order valence-electron chi connectivity index (χ1n) is 8.03. The van der Waals surface area contributed by atoms with Crippen molar-refractivity contribution in [3.63, 3.8) is 0 Å². The first-order valence-corrected chi connectivity index (χ1v) is 11.0. The third kappa shape index (κ3) is 9.19. The van der Waals surface area contributed by atoms with Crippen molar-refractivity contribution in [1.29, 1.82) is 0 Å². The molecule has 2 N–H and O–H groups in total. The van der Waals surface area contributed by atoms with E-state index in [-0.39, 0.29) is 12.4 Å². The zero-order valence-electron chi connectivity index (χ0n) is 14.8. The normalized spacial score (nSPS) is 12.6. The third-order valence-corrected chi connectivity index (χ3v) is 4.78. The molecule has 0 fully saturated rings. The summed E-state index contributed by atoms with van der Waals surface area (Å²) < 4.78 is 27.3. The molecule has 0 radical (unpaired) electrons. The number of hydrogen-bond donors (Lipinski definition) is 2. The highest BCUT2D eigenvalue weighted by Crippen LogP contribution is 2.18. The standard InChI is InChI=1S/C15H28N4O3S2/c1-5-16-15(17-6-7-22-8-9-24(4,20)21)18-10-14-19-13(11-23-14)12(2)3/h11-12H,5-10H2,1-4H3,(H2,16,17,18). The number of aliphatic imine (C=N–C) groups is 1. The van der Waals surface area contributed by atoms with Gasteiger partial charge in [-0.3, -0.25) is 0 Å². The summed E-state index contributed by atoms with van der Waals surface area (Å²) in [4.78, 5) is 9.06. The number of hydrogen-bond acceptors (Lipinski definition) is 6. The number of rotatable bonds is 10. The van der Waals surface area contributed by atoms with Gasteiger partial charge in [-0.15, -0.1) is 11.3 Å². The van der Waals surface area contributed by atoms with Crippen LogP contribution in [0.1, 0.15) is 37.4 Å². The highest BCUT2D eigenvalue weighted by atomic mass is 32.2. The van der Waals surface area contributed by atoms with Crippen LogP contribution < -0.4 is 10.6 Å². The fraction of sp³-hybridized carbons (Fsp3) is 0.733. The van der Waals surface area contributed by atoms with Gasteiger partial charge < -0.3 is 15.4 Å². The van der Waals surface area contributed by atoms with Crippen LogP contribution in [0.2, 0.25) is 0 Å². The lowest BCUT2D eigenvalue weighted by atomic mass is 10.2. The molecule has 0 saturated heterocycles. The van der Waals surface area contributed by atoms with Crippen molar-refractivity contribution in [2.45, 2.75) is 33.2 Å². The smallest absolute Gasteiger partial charge is 0.191 e. The Bertz CT molecular complexity index is 612. The summed E-state index contributed by atoms with van der Waals surface area (Å²) in [7, 11) is -2.97. The largest absolute Gasteiger partial charge is 0.379 e. The Labute approximate surface area is 148 Å². The van der Waals surface area contributed by atoms with Gasteiger partial charge in [-0.2, -0.15) is 0 Å². The molecular weight excluding hydrogens is 348 g/mol. The van der Waals surface area contributed by atoms with Crippen LogP contribution in [-0.4, -0.2) is 57.7 Å². The van der Waals surface area contributed by atoms with Gasteiger partial charge in [0.05, 0.1) is 31.2 Å². The molecular formula is C15H28N4O3S2. The predicted octanol–water partition coefficient (Wildman–Crippen LogP) is 1.38. The number of aromatic nitrogens is 1. The van der Waals surface area contributed by atoms with Gasteiger partial charge in [-0.25, -0.2) is 18.4 Å². The summed E-state index contributed by atoms with van der Waals surface area (Å²) in [5.41, 5.74) is 1.10. The maximum atomic E-state index is 11.0. The molecule has 0 bridgehead atoms. The van der Waals surface area contributed by atoms with Crippen LogP contribution in [0.5, 0.6) is 0 Å². The molecule has 0 saturated carbocycles. The van der Waals surface area contributed by atoms with E-state index in [9.17, 15) is 8.42 Å². The van der Waals surface area contributed by atoms with Gasteiger partial charge >= 0.3 is 0 Å². The van der Waals surface area contributed by atoms with Crippen molar-refractivity contribution in [2.75, 3.05) is 38.3 Å². The number of guanidine groups is 1. The Kier molecular flexibility index (Phi) is 9.24. The quantitative estimate of drug-likeness (QED) is 0.364. The minimum absolute atomic E-state index is 0.0450. The van der Waals surface area contributed by atoms with Crippen LogP contribution in [-0.2, 0) is 21.1 Å². The molecule has 0 atom stereocenters. The van der Waals surface area contributed by atoms with Gasteiger partial charge in [0.15, 0.2) is 5.96 Å². The van der Waals surface area contributed by atoms with Crippen molar-refractivity contribution >= 4 is 27.1 Å². The average Bonchev–Trinajstić information content (AvgIpc) is 2.96. The monoisotopic (exact) mass is 376 g/mol. The number of nitrogens with zero attached hydrogens (tertiary/aromatic N) is 2. The molecule has 0 aliphatic carbocycles. The molecule has 24 heavy (non-hydrogen) atoms. The van der Waals surface area contributed by atoms with E-state index in [2.05, 4.69) is 39.8 Å². The van der Waals surface area contributed by atoms with Crippen molar-refractivity contribution in [3.05, 3.63) is 16.1 Å². The fourth-order valence-corrected chi connectivity index (χ4v) is 3.00. The fourth-order valence-electron chi connectivity index (χ4n) is 1.71. The van der Waals surface area contributed by atoms with Gasteiger partial charge in [-0.1, -0.05) is 13.8 Å². The number of thiazole rings is 1. The minimum Gasteiger partial charge on any atom is -0.379 e. The molecule has 138 valence electrons. The van der Waals surface area contributed by atoms with Crippen LogP contribution in [0.4, 0.5) is 0 Å². The van der Waals surface area contributed by atoms with Crippen molar-refractivity contribution in [2.24, 2.45) is 4.99 Å². The molecule has 0 aliphatic heterocycles. The first kappa shape index (κ1) is 20.9. The van der Waals surface area contributed by atoms with E-state index in [1.807, 2.05) is 6.92 Å². The van der Waals surface area contributed by atoms with Crippen LogP contribution in [0.3, 0.4) is 0 Å². The molecule has 0 unspecified atom stereocenters. The Hall–Kier alpha value is -1.19. The molecule has 0 aromatic carbocycles. The Morgan fingerprint density at radius 2 is 2.12 bits per heavy atom. The maximum Gasteiger partial charge on any atom is 0.191 e. The van der Waals surface area contributed by atoms with Gasteiger partial charge in [0.25, 0.3) is 0 Å². The lowest BCUT2D eigenvalue weighted by Crippen LogP contribution is -2.39. The molecule has 1 aromatic heterocycles. The molecule has 1 aromatic rings. The first-order chi connectivity index (χ1) is 11.3. The zero-order valence-corrected chi connectivity index (χ0v) is 16.5. The average molecular weight is 377 g/mol. The molecule has 1 heterocycles. The number of ether oxygens (including phenoxy) is 1. The lowest BCUT2D eigenvalue weighted by molar-refractivity contribution is 0.154. The van der Waals surface area contributed by atoms with Gasteiger partial charge in [0.2, 0.25) is 0 Å². The van der Waals surface area contributed by atoms with Crippen molar-refractivity contribution in [3.8, 4) is 0 Å². The number of nitrogens with one attached hydrogen (secondary N) is 2. The van der Waals surface area contributed by atoms with Gasteiger partial charge in [0, 0.05) is 24.7 Å². The second kappa shape index (κ2) is 10.6. The van der Waals surface area contributed by atoms with Crippen molar-refractivity contribution in [1.82, 2.24) is 15.6 Å². The zero-order chi connectivity index (χ0) is 18.0. The summed E-state index contributed by atoms with van der Waals surface area (Å²) in [6, 6.07) is 0. The molecule has 0 amide bonds. The Morgan fingerprint density at radius 1 is 1.38 bits per heavy atom. The lowest BCUT2D eigenvalue weighted by Gasteiger charge is -2.11. The third-order valence-electron chi connectivity index (χ3n) is 3.02. The summed E-state index contributed by atoms with van der Waals surface area (Å²) >= 11 is 1.62. The van der Waals surface area contributed by atoms with E-state index in [4.69, 9.17) is 4.74 Å². The highest BCUT2D eigenvalue weighted by Gasteiger charge is 2.06. The molecule has 1 rings (SSSR count). The van der Waals surface area contributed by atoms with Crippen LogP contribution in [0.15, 0.2) is 10.4 Å². The molecule has 9 heteroatoms. The van der Waals surface area contributed by atoms with E-state index in [0.29, 0.717) is 31.6 Å². The van der Waals surface area contributed by atoms with Crippen molar-refractivity contribution < 1.29 is 13.2 Å². The minimum atomic E-state index is -2.97. The molecule has 7 nitrogen and oxygen atoms in total. The Balaban J connectivity index is 2.36. The summed E-state index contributed by atoms with van der Waals surface area (Å²) in [5.74, 6) is 1.17. The second-order valence-electron chi connectivity index (χ2n) is 5.69. The van der Waals surface area contributed by atoms with Gasteiger partial charge in [-0.05, 0) is 12.8 Å². The maximum absolute atomic E-state index is 11.0. The number of sulfone groups is 1. The van der Waals surface area contributed by atoms with E-state index < -0.39 is 9.84 Å². The van der Waals surface area contributed by atoms with Crippen LogP contribution in [0.25, 0.3) is 0 Å².